The fourth-order valence-electron chi connectivity index (χ4n) is 2.08. The summed E-state index contributed by atoms with van der Waals surface area (Å²) in [6.07, 6.45) is 3.86. The fraction of sp³-hybridized carbons (Fsp3) is 0.538. The molecule has 0 aromatic carbocycles. The minimum Gasteiger partial charge on any atom is -0.334 e. The molecular formula is C13H20N4S. The number of nitrogens with zero attached hydrogens (tertiary/aromatic N) is 3. The summed E-state index contributed by atoms with van der Waals surface area (Å²) >= 11 is 1.78. The minimum absolute atomic E-state index is 0.361. The van der Waals surface area contributed by atoms with Gasteiger partial charge in [-0.1, -0.05) is 0 Å². The van der Waals surface area contributed by atoms with E-state index < -0.39 is 0 Å². The zero-order valence-corrected chi connectivity index (χ0v) is 12.2. The van der Waals surface area contributed by atoms with Crippen molar-refractivity contribution in [2.75, 3.05) is 6.54 Å². The van der Waals surface area contributed by atoms with Crippen LogP contribution in [0.1, 0.15) is 34.4 Å². The number of aryl methyl sites for hydroxylation is 3. The van der Waals surface area contributed by atoms with Crippen molar-refractivity contribution in [3.63, 3.8) is 0 Å². The van der Waals surface area contributed by atoms with Gasteiger partial charge in [-0.2, -0.15) is 0 Å². The number of hydrogen-bond donors (Lipinski definition) is 1. The Bertz CT molecular complexity index is 515. The first kappa shape index (κ1) is 13.2. The van der Waals surface area contributed by atoms with Crippen LogP contribution in [0.3, 0.4) is 0 Å². The molecule has 5 heteroatoms. The summed E-state index contributed by atoms with van der Waals surface area (Å²) in [5.74, 6) is 1.06. The van der Waals surface area contributed by atoms with Crippen LogP contribution in [-0.2, 0) is 6.54 Å². The Morgan fingerprint density at radius 2 is 2.17 bits per heavy atom. The Hall–Kier alpha value is -1.20. The molecular weight excluding hydrogens is 244 g/mol. The Kier molecular flexibility index (Phi) is 4.14. The second-order valence-electron chi connectivity index (χ2n) is 4.53. The number of thiazole rings is 1. The Balaban J connectivity index is 1.87. The first-order valence-electron chi connectivity index (χ1n) is 6.23. The highest BCUT2D eigenvalue weighted by atomic mass is 32.1. The topological polar surface area (TPSA) is 42.7 Å². The molecule has 0 aliphatic heterocycles. The summed E-state index contributed by atoms with van der Waals surface area (Å²) in [4.78, 5) is 10.0. The first-order chi connectivity index (χ1) is 8.58. The molecule has 0 aliphatic rings. The van der Waals surface area contributed by atoms with Gasteiger partial charge in [-0.05, 0) is 27.7 Å². The van der Waals surface area contributed by atoms with Gasteiger partial charge in [0.15, 0.2) is 0 Å². The highest BCUT2D eigenvalue weighted by molar-refractivity contribution is 7.11. The van der Waals surface area contributed by atoms with Crippen molar-refractivity contribution in [1.29, 1.82) is 0 Å². The molecule has 0 spiro atoms. The van der Waals surface area contributed by atoms with Crippen molar-refractivity contribution in [2.24, 2.45) is 0 Å². The van der Waals surface area contributed by atoms with E-state index >= 15 is 0 Å². The maximum atomic E-state index is 4.47. The molecule has 0 saturated heterocycles. The van der Waals surface area contributed by atoms with E-state index in [1.54, 1.807) is 11.3 Å². The van der Waals surface area contributed by atoms with Crippen molar-refractivity contribution >= 4 is 11.3 Å². The lowest BCUT2D eigenvalue weighted by molar-refractivity contribution is 0.529. The van der Waals surface area contributed by atoms with E-state index in [0.29, 0.717) is 6.04 Å². The van der Waals surface area contributed by atoms with E-state index in [0.717, 1.165) is 29.6 Å². The van der Waals surface area contributed by atoms with Crippen molar-refractivity contribution in [2.45, 2.75) is 40.3 Å². The molecule has 1 atom stereocenters. The van der Waals surface area contributed by atoms with Crippen LogP contribution < -0.4 is 5.32 Å². The molecule has 98 valence electrons. The predicted molar refractivity (Wildman–Crippen MR) is 75.0 cm³/mol. The molecule has 1 N–H and O–H groups in total. The molecule has 1 unspecified atom stereocenters. The molecule has 2 aromatic heterocycles. The average molecular weight is 264 g/mol. The molecule has 2 heterocycles. The third-order valence-electron chi connectivity index (χ3n) is 3.06. The van der Waals surface area contributed by atoms with E-state index in [1.807, 2.05) is 19.3 Å². The Morgan fingerprint density at radius 3 is 2.72 bits per heavy atom. The number of hydrogen-bond acceptors (Lipinski definition) is 4. The van der Waals surface area contributed by atoms with Crippen LogP contribution in [0.2, 0.25) is 0 Å². The molecule has 0 fully saturated rings. The van der Waals surface area contributed by atoms with E-state index in [1.165, 1.54) is 4.88 Å². The van der Waals surface area contributed by atoms with Crippen LogP contribution >= 0.6 is 11.3 Å². The SMILES string of the molecule is Cc1nc(C)c(C(C)NCCn2ccnc2C)s1. The van der Waals surface area contributed by atoms with Gasteiger partial charge in [0.05, 0.1) is 10.7 Å². The minimum atomic E-state index is 0.361. The number of imidazole rings is 1. The highest BCUT2D eigenvalue weighted by Crippen LogP contribution is 2.24. The summed E-state index contributed by atoms with van der Waals surface area (Å²) < 4.78 is 2.16. The molecule has 4 nitrogen and oxygen atoms in total. The molecule has 2 rings (SSSR count). The smallest absolute Gasteiger partial charge is 0.105 e. The molecule has 0 bridgehead atoms. The third-order valence-corrected chi connectivity index (χ3v) is 4.32. The normalized spacial score (nSPS) is 12.9. The molecule has 2 aromatic rings. The fourth-order valence-corrected chi connectivity index (χ4v) is 3.04. The molecule has 0 aliphatic carbocycles. The summed E-state index contributed by atoms with van der Waals surface area (Å²) in [6, 6.07) is 0.361. The summed E-state index contributed by atoms with van der Waals surface area (Å²) in [5.41, 5.74) is 1.15. The van der Waals surface area contributed by atoms with E-state index in [4.69, 9.17) is 0 Å². The van der Waals surface area contributed by atoms with Gasteiger partial charge in [0.25, 0.3) is 0 Å². The summed E-state index contributed by atoms with van der Waals surface area (Å²) in [5, 5.41) is 4.68. The zero-order chi connectivity index (χ0) is 13.1. The molecule has 0 saturated carbocycles. The van der Waals surface area contributed by atoms with Crippen molar-refractivity contribution in [1.82, 2.24) is 19.9 Å². The van der Waals surface area contributed by atoms with E-state index in [-0.39, 0.29) is 0 Å². The van der Waals surface area contributed by atoms with Gasteiger partial charge in [0.1, 0.15) is 5.82 Å². The van der Waals surface area contributed by atoms with Gasteiger partial charge in [0, 0.05) is 36.4 Å². The number of aromatic nitrogens is 3. The Labute approximate surface area is 112 Å². The van der Waals surface area contributed by atoms with Crippen LogP contribution in [0.15, 0.2) is 12.4 Å². The van der Waals surface area contributed by atoms with Gasteiger partial charge < -0.3 is 9.88 Å². The monoisotopic (exact) mass is 264 g/mol. The maximum absolute atomic E-state index is 4.47. The third kappa shape index (κ3) is 2.97. The lowest BCUT2D eigenvalue weighted by Gasteiger charge is -2.13. The lowest BCUT2D eigenvalue weighted by Crippen LogP contribution is -2.23. The standard InChI is InChI=1S/C13H20N4S/c1-9(13-10(2)16-12(4)18-13)14-5-7-17-8-6-15-11(17)3/h6,8-9,14H,5,7H2,1-4H3. The van der Waals surface area contributed by atoms with Crippen molar-refractivity contribution < 1.29 is 0 Å². The molecule has 0 radical (unpaired) electrons. The van der Waals surface area contributed by atoms with Crippen molar-refractivity contribution in [3.8, 4) is 0 Å². The van der Waals surface area contributed by atoms with Crippen LogP contribution in [0.4, 0.5) is 0 Å². The van der Waals surface area contributed by atoms with Gasteiger partial charge in [0.2, 0.25) is 0 Å². The quantitative estimate of drug-likeness (QED) is 0.902. The van der Waals surface area contributed by atoms with E-state index in [2.05, 4.69) is 40.6 Å². The molecule has 0 amide bonds. The van der Waals surface area contributed by atoms with Crippen LogP contribution in [0.5, 0.6) is 0 Å². The number of nitrogens with one attached hydrogen (secondary N) is 1. The summed E-state index contributed by atoms with van der Waals surface area (Å²) in [6.45, 7) is 10.3. The maximum Gasteiger partial charge on any atom is 0.105 e. The molecule has 18 heavy (non-hydrogen) atoms. The summed E-state index contributed by atoms with van der Waals surface area (Å²) in [7, 11) is 0. The van der Waals surface area contributed by atoms with Crippen molar-refractivity contribution in [3.05, 3.63) is 33.8 Å². The van der Waals surface area contributed by atoms with Gasteiger partial charge in [-0.15, -0.1) is 11.3 Å². The van der Waals surface area contributed by atoms with Gasteiger partial charge in [-0.25, -0.2) is 9.97 Å². The predicted octanol–water partition coefficient (Wildman–Crippen LogP) is 2.62. The second kappa shape index (κ2) is 5.63. The lowest BCUT2D eigenvalue weighted by atomic mass is 10.2. The van der Waals surface area contributed by atoms with Gasteiger partial charge in [-0.3, -0.25) is 0 Å². The van der Waals surface area contributed by atoms with Crippen LogP contribution in [-0.4, -0.2) is 21.1 Å². The van der Waals surface area contributed by atoms with E-state index in [9.17, 15) is 0 Å². The zero-order valence-electron chi connectivity index (χ0n) is 11.4. The van der Waals surface area contributed by atoms with Crippen LogP contribution in [0, 0.1) is 20.8 Å². The number of rotatable bonds is 5. The second-order valence-corrected chi connectivity index (χ2v) is 5.76. The van der Waals surface area contributed by atoms with Gasteiger partial charge >= 0.3 is 0 Å². The van der Waals surface area contributed by atoms with Crippen LogP contribution in [0.25, 0.3) is 0 Å². The largest absolute Gasteiger partial charge is 0.334 e. The average Bonchev–Trinajstić information content (AvgIpc) is 2.85. The first-order valence-corrected chi connectivity index (χ1v) is 7.04. The highest BCUT2D eigenvalue weighted by Gasteiger charge is 2.12. The Morgan fingerprint density at radius 1 is 1.39 bits per heavy atom.